The molecule has 0 N–H and O–H groups in total. The molecule has 0 heterocycles. The highest BCUT2D eigenvalue weighted by molar-refractivity contribution is 14.1. The number of rotatable bonds is 19. The maximum Gasteiger partial charge on any atom is 0.410 e. The molecule has 8 heteroatoms. The summed E-state index contributed by atoms with van der Waals surface area (Å²) >= 11 is 2.14. The summed E-state index contributed by atoms with van der Waals surface area (Å²) in [4.78, 5) is 28.9. The summed E-state index contributed by atoms with van der Waals surface area (Å²) in [5.41, 5.74) is 4.52. The Morgan fingerprint density at radius 1 is 0.549 bits per heavy atom. The van der Waals surface area contributed by atoms with E-state index in [0.29, 0.717) is 0 Å². The summed E-state index contributed by atoms with van der Waals surface area (Å²) in [5, 5.41) is 0. The molecule has 0 saturated heterocycles. The molecule has 1 amide bonds. The van der Waals surface area contributed by atoms with Crippen molar-refractivity contribution in [2.45, 2.75) is 57.3 Å². The van der Waals surface area contributed by atoms with E-state index in [4.69, 9.17) is 18.9 Å². The van der Waals surface area contributed by atoms with Crippen LogP contribution in [0.5, 0.6) is 0 Å². The van der Waals surface area contributed by atoms with Gasteiger partial charge in [0.2, 0.25) is 0 Å². The average molecular weight is 796 g/mol. The summed E-state index contributed by atoms with van der Waals surface area (Å²) in [5.74, 6) is 0. The lowest BCUT2D eigenvalue weighted by atomic mass is 9.98. The highest BCUT2D eigenvalue weighted by Crippen LogP contribution is 2.26. The number of carbonyl (C=O) groups is 2. The van der Waals surface area contributed by atoms with Crippen LogP contribution in [0.2, 0.25) is 0 Å². The largest absolute Gasteiger partial charge is 0.445 e. The average Bonchev–Trinajstić information content (AvgIpc) is 3.19. The van der Waals surface area contributed by atoms with Gasteiger partial charge >= 0.3 is 6.09 Å². The molecule has 5 aromatic carbocycles. The van der Waals surface area contributed by atoms with Crippen molar-refractivity contribution in [3.8, 4) is 0 Å². The summed E-state index contributed by atoms with van der Waals surface area (Å²) in [7, 11) is 0. The third-order valence-electron chi connectivity index (χ3n) is 8.24. The molecule has 0 unspecified atom stereocenters. The molecule has 0 saturated carbocycles. The Morgan fingerprint density at radius 3 is 1.37 bits per heavy atom. The van der Waals surface area contributed by atoms with Crippen LogP contribution in [0.15, 0.2) is 162 Å². The summed E-state index contributed by atoms with van der Waals surface area (Å²) in [6, 6.07) is 47.7. The molecule has 0 fully saturated rings. The van der Waals surface area contributed by atoms with Crippen molar-refractivity contribution < 1.29 is 28.5 Å². The first-order valence-electron chi connectivity index (χ1n) is 16.8. The Hall–Kier alpha value is -4.61. The number of amides is 1. The number of aldehydes is 1. The second-order valence-corrected chi connectivity index (χ2v) is 12.6. The van der Waals surface area contributed by atoms with Crippen LogP contribution in [0.1, 0.15) is 27.8 Å². The van der Waals surface area contributed by atoms with Gasteiger partial charge in [0.05, 0.1) is 25.9 Å². The van der Waals surface area contributed by atoms with Crippen LogP contribution in [-0.4, -0.2) is 41.6 Å². The van der Waals surface area contributed by atoms with E-state index in [9.17, 15) is 9.59 Å². The van der Waals surface area contributed by atoms with Crippen molar-refractivity contribution in [2.75, 3.05) is 0 Å². The van der Waals surface area contributed by atoms with Gasteiger partial charge in [-0.3, -0.25) is 4.90 Å². The van der Waals surface area contributed by atoms with Crippen molar-refractivity contribution in [2.24, 2.45) is 0 Å². The van der Waals surface area contributed by atoms with E-state index in [-0.39, 0.29) is 33.0 Å². The molecule has 0 aliphatic heterocycles. The van der Waals surface area contributed by atoms with Gasteiger partial charge in [0.25, 0.3) is 0 Å². The van der Waals surface area contributed by atoms with Crippen molar-refractivity contribution >= 4 is 35.0 Å². The second-order valence-electron chi connectivity index (χ2n) is 11.9. The lowest BCUT2D eigenvalue weighted by Crippen LogP contribution is -2.55. The normalized spacial score (nSPS) is 13.6. The number of carbonyl (C=O) groups excluding carboxylic acids is 2. The van der Waals surface area contributed by atoms with Crippen molar-refractivity contribution in [1.29, 1.82) is 0 Å². The fourth-order valence-corrected chi connectivity index (χ4v) is 6.04. The van der Waals surface area contributed by atoms with Gasteiger partial charge in [0.15, 0.2) is 6.29 Å². The predicted molar refractivity (Wildman–Crippen MR) is 207 cm³/mol. The minimum absolute atomic E-state index is 0.0895. The van der Waals surface area contributed by atoms with Gasteiger partial charge in [-0.25, -0.2) is 4.79 Å². The summed E-state index contributed by atoms with van der Waals surface area (Å²) < 4.78 is 27.6. The number of ether oxygens (including phenoxy) is 4. The Morgan fingerprint density at radius 2 is 0.941 bits per heavy atom. The van der Waals surface area contributed by atoms with Gasteiger partial charge in [0.1, 0.15) is 24.9 Å². The minimum Gasteiger partial charge on any atom is -0.445 e. The maximum atomic E-state index is 14.2. The molecule has 4 atom stereocenters. The van der Waals surface area contributed by atoms with Crippen molar-refractivity contribution in [3.63, 3.8) is 0 Å². The summed E-state index contributed by atoms with van der Waals surface area (Å²) in [6.45, 7) is 0.873. The number of nitrogens with zero attached hydrogens (tertiary/aromatic N) is 1. The van der Waals surface area contributed by atoms with E-state index in [1.807, 2.05) is 162 Å². The molecule has 0 spiro atoms. The summed E-state index contributed by atoms with van der Waals surface area (Å²) in [6.07, 6.45) is -0.742. The van der Waals surface area contributed by atoms with E-state index in [0.717, 1.165) is 34.1 Å². The van der Waals surface area contributed by atoms with Gasteiger partial charge < -0.3 is 23.7 Å². The molecule has 0 aromatic heterocycles. The fraction of sp³-hybridized carbons (Fsp3) is 0.209. The standard InChI is InChI=1S/C43H42INO6/c44-27-26-39(45(28-34-16-6-1-7-17-34)43(47)51-33-38-24-14-5-15-25-38)41(49-31-36-20-10-3-11-21-36)42(50-32-37-22-12-4-13-23-37)40(29-46)48-30-35-18-8-2-9-19-35/h1-27,29,39-42H,28,30-33H2/b27-26-/t39-,40-,41+,42+/m1/s1. The monoisotopic (exact) mass is 795 g/mol. The van der Waals surface area contributed by atoms with Gasteiger partial charge in [-0.05, 0) is 31.9 Å². The van der Waals surface area contributed by atoms with Crippen LogP contribution in [0.3, 0.4) is 0 Å². The number of benzene rings is 5. The van der Waals surface area contributed by atoms with Gasteiger partial charge in [-0.2, -0.15) is 0 Å². The molecule has 0 aliphatic rings. The predicted octanol–water partition coefficient (Wildman–Crippen LogP) is 9.10. The Bertz CT molecular complexity index is 1740. The van der Waals surface area contributed by atoms with Crippen LogP contribution >= 0.6 is 22.6 Å². The molecule has 5 aromatic rings. The molecule has 5 rings (SSSR count). The van der Waals surface area contributed by atoms with Crippen LogP contribution < -0.4 is 0 Å². The molecule has 0 aliphatic carbocycles. The van der Waals surface area contributed by atoms with Crippen LogP contribution in [-0.2, 0) is 56.7 Å². The van der Waals surface area contributed by atoms with Gasteiger partial charge in [-0.1, -0.05) is 180 Å². The first kappa shape index (κ1) is 37.6. The fourth-order valence-electron chi connectivity index (χ4n) is 5.62. The van der Waals surface area contributed by atoms with Crippen LogP contribution in [0.25, 0.3) is 0 Å². The van der Waals surface area contributed by atoms with E-state index in [2.05, 4.69) is 22.6 Å². The molecule has 0 radical (unpaired) electrons. The number of halogens is 1. The number of hydrogen-bond acceptors (Lipinski definition) is 6. The maximum absolute atomic E-state index is 14.2. The smallest absolute Gasteiger partial charge is 0.410 e. The molecular weight excluding hydrogens is 753 g/mol. The van der Waals surface area contributed by atoms with E-state index < -0.39 is 30.4 Å². The Kier molecular flexibility index (Phi) is 15.4. The van der Waals surface area contributed by atoms with E-state index in [1.165, 1.54) is 0 Å². The molecule has 51 heavy (non-hydrogen) atoms. The zero-order valence-electron chi connectivity index (χ0n) is 28.3. The zero-order valence-corrected chi connectivity index (χ0v) is 30.4. The number of hydrogen-bond donors (Lipinski definition) is 0. The topological polar surface area (TPSA) is 74.3 Å². The lowest BCUT2D eigenvalue weighted by molar-refractivity contribution is -0.167. The third kappa shape index (κ3) is 12.0. The molecule has 0 bridgehead atoms. The Balaban J connectivity index is 1.55. The van der Waals surface area contributed by atoms with Crippen LogP contribution in [0.4, 0.5) is 4.79 Å². The van der Waals surface area contributed by atoms with E-state index in [1.54, 1.807) is 4.90 Å². The van der Waals surface area contributed by atoms with Gasteiger partial charge in [0, 0.05) is 6.54 Å². The lowest BCUT2D eigenvalue weighted by Gasteiger charge is -2.39. The van der Waals surface area contributed by atoms with Crippen molar-refractivity contribution in [1.82, 2.24) is 4.90 Å². The first-order chi connectivity index (χ1) is 25.1. The third-order valence-corrected chi connectivity index (χ3v) is 8.65. The molecule has 262 valence electrons. The van der Waals surface area contributed by atoms with Crippen LogP contribution in [0, 0.1) is 0 Å². The SMILES string of the molecule is O=C[C@@H](OCc1ccccc1)[C@H](OCc1ccccc1)[C@@H](OCc1ccccc1)[C@@H](/C=C\I)N(Cc1ccccc1)C(=O)OCc1ccccc1. The van der Waals surface area contributed by atoms with Gasteiger partial charge in [-0.15, -0.1) is 0 Å². The highest BCUT2D eigenvalue weighted by atomic mass is 127. The molecule has 7 nitrogen and oxygen atoms in total. The Labute approximate surface area is 314 Å². The quantitative estimate of drug-likeness (QED) is 0.0614. The minimum atomic E-state index is -1.04. The highest BCUT2D eigenvalue weighted by Gasteiger charge is 2.41. The van der Waals surface area contributed by atoms with E-state index >= 15 is 0 Å². The first-order valence-corrected chi connectivity index (χ1v) is 18.1. The van der Waals surface area contributed by atoms with Crippen molar-refractivity contribution in [3.05, 3.63) is 190 Å². The molecular formula is C43H42INO6. The zero-order chi connectivity index (χ0) is 35.5. The second kappa shape index (κ2) is 20.9.